The van der Waals surface area contributed by atoms with Crippen LogP contribution >= 0.6 is 0 Å². The van der Waals surface area contributed by atoms with Crippen LogP contribution in [-0.2, 0) is 18.9 Å². The van der Waals surface area contributed by atoms with E-state index in [1.807, 2.05) is 20.8 Å². The topological polar surface area (TPSA) is 110 Å². The van der Waals surface area contributed by atoms with Crippen LogP contribution in [-0.4, -0.2) is 120 Å². The van der Waals surface area contributed by atoms with Crippen LogP contribution in [0.15, 0.2) is 0 Å². The van der Waals surface area contributed by atoms with Crippen LogP contribution in [0.2, 0.25) is 0 Å². The molecule has 0 amide bonds. The molecule has 5 aliphatic carbocycles. The Morgan fingerprint density at radius 2 is 1.71 bits per heavy atom. The smallest absolute Gasteiger partial charge is 0.170 e. The Kier molecular flexibility index (Phi) is 9.26. The molecule has 0 aromatic rings. The molecule has 3 saturated heterocycles. The van der Waals surface area contributed by atoms with Crippen molar-refractivity contribution in [3.63, 3.8) is 0 Å². The Morgan fingerprint density at radius 3 is 2.37 bits per heavy atom. The normalized spacial score (nSPS) is 52.0. The SMILES string of the molecule is CCOC(C1CC(C)C2C(O1)C(O)C1(N)C3CCC4C(C)(C)C(OC5CN(C(C)CN6CCC6)CCO5)CCC45C(C)C35CCC21C)C(C)(C)O. The zero-order chi connectivity index (χ0) is 36.5. The van der Waals surface area contributed by atoms with Gasteiger partial charge in [-0.15, -0.1) is 0 Å². The molecule has 5 saturated carbocycles. The summed E-state index contributed by atoms with van der Waals surface area (Å²) < 4.78 is 26.4. The van der Waals surface area contributed by atoms with Crippen LogP contribution in [0.5, 0.6) is 0 Å². The van der Waals surface area contributed by atoms with E-state index in [-0.39, 0.29) is 58.1 Å². The number of hydrogen-bond acceptors (Lipinski definition) is 9. The lowest BCUT2D eigenvalue weighted by molar-refractivity contribution is -0.249. The molecule has 16 atom stereocenters. The predicted molar refractivity (Wildman–Crippen MR) is 198 cm³/mol. The number of rotatable bonds is 9. The molecule has 0 aromatic carbocycles. The molecule has 16 unspecified atom stereocenters. The number of nitrogens with zero attached hydrogens (tertiary/aromatic N) is 2. The fourth-order valence-corrected chi connectivity index (χ4v) is 15.4. The first-order chi connectivity index (χ1) is 24.0. The van der Waals surface area contributed by atoms with E-state index in [1.165, 1.54) is 32.4 Å². The molecule has 8 aliphatic rings. The number of hydrogen-bond donors (Lipinski definition) is 3. The van der Waals surface area contributed by atoms with Crippen molar-refractivity contribution in [3.8, 4) is 0 Å². The van der Waals surface area contributed by atoms with Crippen LogP contribution in [0.1, 0.15) is 114 Å². The number of ether oxygens (including phenoxy) is 4. The van der Waals surface area contributed by atoms with Gasteiger partial charge in [0.15, 0.2) is 6.29 Å². The second kappa shape index (κ2) is 12.6. The molecule has 9 heteroatoms. The van der Waals surface area contributed by atoms with E-state index in [9.17, 15) is 10.2 Å². The number of aliphatic hydroxyl groups excluding tert-OH is 1. The second-order valence-corrected chi connectivity index (χ2v) is 20.5. The molecule has 0 radical (unpaired) electrons. The summed E-state index contributed by atoms with van der Waals surface area (Å²) in [4.78, 5) is 5.16. The van der Waals surface area contributed by atoms with E-state index >= 15 is 0 Å². The van der Waals surface area contributed by atoms with Gasteiger partial charge in [0.25, 0.3) is 0 Å². The molecule has 2 spiro atoms. The minimum absolute atomic E-state index is 0.0247. The molecule has 9 nitrogen and oxygen atoms in total. The van der Waals surface area contributed by atoms with Gasteiger partial charge in [0, 0.05) is 32.3 Å². The first-order valence-corrected chi connectivity index (χ1v) is 21.2. The first kappa shape index (κ1) is 37.6. The van der Waals surface area contributed by atoms with E-state index in [0.717, 1.165) is 58.3 Å². The Labute approximate surface area is 309 Å². The molecule has 292 valence electrons. The van der Waals surface area contributed by atoms with Crippen molar-refractivity contribution >= 4 is 0 Å². The van der Waals surface area contributed by atoms with E-state index in [1.54, 1.807) is 0 Å². The monoisotopic (exact) mass is 716 g/mol. The van der Waals surface area contributed by atoms with Gasteiger partial charge in [-0.05, 0) is 143 Å². The molecule has 4 N–H and O–H groups in total. The van der Waals surface area contributed by atoms with Crippen LogP contribution in [0.25, 0.3) is 0 Å². The number of fused-ring (bicyclic) bond motifs is 4. The molecule has 0 aromatic heterocycles. The van der Waals surface area contributed by atoms with Crippen molar-refractivity contribution in [1.82, 2.24) is 9.80 Å². The molecule has 51 heavy (non-hydrogen) atoms. The maximum Gasteiger partial charge on any atom is 0.170 e. The summed E-state index contributed by atoms with van der Waals surface area (Å²) in [6.07, 6.45) is 6.99. The quantitative estimate of drug-likeness (QED) is 0.302. The predicted octanol–water partition coefficient (Wildman–Crippen LogP) is 5.05. The van der Waals surface area contributed by atoms with Gasteiger partial charge in [-0.1, -0.05) is 34.6 Å². The molecule has 3 aliphatic heterocycles. The maximum absolute atomic E-state index is 12.6. The zero-order valence-corrected chi connectivity index (χ0v) is 33.5. The highest BCUT2D eigenvalue weighted by molar-refractivity contribution is 5.37. The average Bonchev–Trinajstić information content (AvgIpc) is 3.52. The number of aliphatic hydroxyl groups is 2. The van der Waals surface area contributed by atoms with Crippen LogP contribution in [0.4, 0.5) is 0 Å². The molecular formula is C42H73N3O6. The summed E-state index contributed by atoms with van der Waals surface area (Å²) in [6, 6.07) is 0.521. The van der Waals surface area contributed by atoms with Crippen molar-refractivity contribution in [2.24, 2.45) is 57.0 Å². The van der Waals surface area contributed by atoms with Crippen molar-refractivity contribution < 1.29 is 29.2 Å². The molecule has 8 rings (SSSR count). The lowest BCUT2D eigenvalue weighted by Gasteiger charge is -2.63. The van der Waals surface area contributed by atoms with Crippen molar-refractivity contribution in [2.45, 2.75) is 168 Å². The number of nitrogens with two attached hydrogens (primary N) is 1. The Balaban J connectivity index is 1.01. The summed E-state index contributed by atoms with van der Waals surface area (Å²) in [5.41, 5.74) is 6.35. The van der Waals surface area contributed by atoms with Gasteiger partial charge < -0.3 is 39.8 Å². The van der Waals surface area contributed by atoms with E-state index in [2.05, 4.69) is 51.3 Å². The standard InChI is InChI=1S/C42H73N3O6/c1-10-48-36(38(7,8)47)28-22-25(2)33-34(50-28)35(46)42(43)30-13-12-29-37(5,6)31(14-15-40(29)27(4)41(30,40)17-16-39(33,42)9)51-32-24-45(20-21-49-32)26(3)23-44-18-11-19-44/h25-36,46-47H,10-24,43H2,1-9H3. The second-order valence-electron chi connectivity index (χ2n) is 20.5. The highest BCUT2D eigenvalue weighted by atomic mass is 16.7. The molecular weight excluding hydrogens is 642 g/mol. The minimum atomic E-state index is -1.05. The summed E-state index contributed by atoms with van der Waals surface area (Å²) >= 11 is 0. The highest BCUT2D eigenvalue weighted by Gasteiger charge is 2.88. The molecule has 0 bridgehead atoms. The van der Waals surface area contributed by atoms with Crippen LogP contribution in [0.3, 0.4) is 0 Å². The average molecular weight is 716 g/mol. The van der Waals surface area contributed by atoms with Gasteiger partial charge in [0.1, 0.15) is 6.10 Å². The van der Waals surface area contributed by atoms with Crippen molar-refractivity contribution in [2.75, 3.05) is 45.9 Å². The lowest BCUT2D eigenvalue weighted by Crippen LogP contribution is -2.70. The van der Waals surface area contributed by atoms with Gasteiger partial charge in [0.05, 0.1) is 42.2 Å². The first-order valence-electron chi connectivity index (χ1n) is 21.2. The lowest BCUT2D eigenvalue weighted by atomic mass is 9.43. The molecule has 3 heterocycles. The minimum Gasteiger partial charge on any atom is -0.388 e. The third kappa shape index (κ3) is 5.10. The fraction of sp³-hybridized carbons (Fsp3) is 1.00. The Hall–Kier alpha value is -0.360. The largest absolute Gasteiger partial charge is 0.388 e. The van der Waals surface area contributed by atoms with E-state index < -0.39 is 23.3 Å². The third-order valence-electron chi connectivity index (χ3n) is 17.8. The fourth-order valence-electron chi connectivity index (χ4n) is 15.4. The van der Waals surface area contributed by atoms with Gasteiger partial charge >= 0.3 is 0 Å². The highest BCUT2D eigenvalue weighted by Crippen LogP contribution is 2.90. The summed E-state index contributed by atoms with van der Waals surface area (Å²) in [5, 5.41) is 23.7. The summed E-state index contributed by atoms with van der Waals surface area (Å²) in [5.74, 6) is 1.89. The summed E-state index contributed by atoms with van der Waals surface area (Å²) in [6.45, 7) is 27.0. The van der Waals surface area contributed by atoms with E-state index in [4.69, 9.17) is 24.7 Å². The van der Waals surface area contributed by atoms with Crippen LogP contribution in [0, 0.1) is 51.2 Å². The van der Waals surface area contributed by atoms with E-state index in [0.29, 0.717) is 30.4 Å². The number of likely N-dealkylation sites (tertiary alicyclic amines) is 1. The maximum atomic E-state index is 12.6. The van der Waals surface area contributed by atoms with Crippen molar-refractivity contribution in [3.05, 3.63) is 0 Å². The number of morpholine rings is 1. The molecule has 8 fully saturated rings. The van der Waals surface area contributed by atoms with Crippen molar-refractivity contribution in [1.29, 1.82) is 0 Å². The van der Waals surface area contributed by atoms with Gasteiger partial charge in [-0.2, -0.15) is 0 Å². The Morgan fingerprint density at radius 1 is 1.00 bits per heavy atom. The van der Waals surface area contributed by atoms with Crippen LogP contribution < -0.4 is 5.73 Å². The zero-order valence-electron chi connectivity index (χ0n) is 33.5. The Bertz CT molecular complexity index is 1310. The van der Waals surface area contributed by atoms with Gasteiger partial charge in [-0.25, -0.2) is 0 Å². The third-order valence-corrected chi connectivity index (χ3v) is 17.8. The van der Waals surface area contributed by atoms with Gasteiger partial charge in [0.2, 0.25) is 0 Å². The van der Waals surface area contributed by atoms with Gasteiger partial charge in [-0.3, -0.25) is 4.90 Å². The summed E-state index contributed by atoms with van der Waals surface area (Å²) in [7, 11) is 0.